The number of nitriles is 1. The third kappa shape index (κ3) is 3.05. The molecule has 3 nitrogen and oxygen atoms in total. The highest BCUT2D eigenvalue weighted by Gasteiger charge is 1.99. The van der Waals surface area contributed by atoms with E-state index in [0.29, 0.717) is 11.4 Å². The molecule has 0 spiro atoms. The number of hydrogen-bond acceptors (Lipinski definition) is 3. The van der Waals surface area contributed by atoms with Crippen LogP contribution < -0.4 is 4.74 Å². The molecule has 0 unspecified atom stereocenters. The summed E-state index contributed by atoms with van der Waals surface area (Å²) in [5.74, 6) is 1.38. The second-order valence-electron chi connectivity index (χ2n) is 3.37. The summed E-state index contributed by atoms with van der Waals surface area (Å²) >= 11 is 3.39. The van der Waals surface area contributed by atoms with Gasteiger partial charge in [0.15, 0.2) is 0 Å². The van der Waals surface area contributed by atoms with E-state index in [1.54, 1.807) is 18.3 Å². The number of benzene rings is 1. The lowest BCUT2D eigenvalue weighted by Gasteiger charge is -2.06. The zero-order valence-corrected chi connectivity index (χ0v) is 10.5. The fourth-order valence-electron chi connectivity index (χ4n) is 1.33. The van der Waals surface area contributed by atoms with Crippen LogP contribution in [0.15, 0.2) is 42.6 Å². The molecule has 17 heavy (non-hydrogen) atoms. The minimum Gasteiger partial charge on any atom is -0.456 e. The van der Waals surface area contributed by atoms with Crippen molar-refractivity contribution in [2.75, 3.05) is 0 Å². The van der Waals surface area contributed by atoms with E-state index in [-0.39, 0.29) is 0 Å². The molecule has 2 aromatic rings. The van der Waals surface area contributed by atoms with Gasteiger partial charge < -0.3 is 4.74 Å². The average molecular weight is 289 g/mol. The van der Waals surface area contributed by atoms with Crippen molar-refractivity contribution in [3.05, 3.63) is 53.9 Å². The molecule has 2 rings (SSSR count). The van der Waals surface area contributed by atoms with E-state index in [1.165, 1.54) is 0 Å². The largest absolute Gasteiger partial charge is 0.456 e. The van der Waals surface area contributed by atoms with Gasteiger partial charge in [-0.15, -0.1) is 0 Å². The average Bonchev–Trinajstić information content (AvgIpc) is 2.40. The van der Waals surface area contributed by atoms with Gasteiger partial charge in [0.1, 0.15) is 23.3 Å². The monoisotopic (exact) mass is 288 g/mol. The summed E-state index contributed by atoms with van der Waals surface area (Å²) in [5.41, 5.74) is 1.52. The van der Waals surface area contributed by atoms with Crippen molar-refractivity contribution in [1.29, 1.82) is 5.26 Å². The Hall–Kier alpha value is -1.86. The Morgan fingerprint density at radius 1 is 1.24 bits per heavy atom. The number of nitrogens with zero attached hydrogens (tertiary/aromatic N) is 2. The zero-order valence-electron chi connectivity index (χ0n) is 8.93. The number of halogens is 1. The molecular formula is C13H9BrN2O. The highest BCUT2D eigenvalue weighted by molar-refractivity contribution is 9.08. The smallest absolute Gasteiger partial charge is 0.145 e. The normalized spacial score (nSPS) is 9.65. The third-order valence-corrected chi connectivity index (χ3v) is 2.79. The fourth-order valence-corrected chi connectivity index (χ4v) is 1.68. The van der Waals surface area contributed by atoms with Crippen molar-refractivity contribution in [3.8, 4) is 17.6 Å². The van der Waals surface area contributed by atoms with Gasteiger partial charge in [-0.1, -0.05) is 28.1 Å². The molecule has 0 aliphatic heterocycles. The van der Waals surface area contributed by atoms with E-state index in [9.17, 15) is 0 Å². The van der Waals surface area contributed by atoms with Crippen LogP contribution in [0.25, 0.3) is 0 Å². The Bertz CT molecular complexity index is 546. The summed E-state index contributed by atoms with van der Waals surface area (Å²) in [7, 11) is 0. The quantitative estimate of drug-likeness (QED) is 0.810. The van der Waals surface area contributed by atoms with Crippen molar-refractivity contribution in [3.63, 3.8) is 0 Å². The van der Waals surface area contributed by atoms with Gasteiger partial charge in [0.2, 0.25) is 0 Å². The Balaban J connectivity index is 2.16. The number of aromatic nitrogens is 1. The molecule has 0 saturated carbocycles. The van der Waals surface area contributed by atoms with Crippen LogP contribution in [0, 0.1) is 11.3 Å². The van der Waals surface area contributed by atoms with Crippen LogP contribution in [0.2, 0.25) is 0 Å². The minimum atomic E-state index is 0.381. The first-order chi connectivity index (χ1) is 8.31. The molecule has 84 valence electrons. The molecule has 4 heteroatoms. The number of ether oxygens (including phenoxy) is 1. The summed E-state index contributed by atoms with van der Waals surface area (Å²) < 4.78 is 5.63. The fraction of sp³-hybridized carbons (Fsp3) is 0.0769. The SMILES string of the molecule is N#Cc1ccc(Oc2cccc(CBr)c2)cn1. The molecule has 0 N–H and O–H groups in total. The predicted molar refractivity (Wildman–Crippen MR) is 68.1 cm³/mol. The molecule has 0 bridgehead atoms. The molecule has 0 fully saturated rings. The predicted octanol–water partition coefficient (Wildman–Crippen LogP) is 3.64. The summed E-state index contributed by atoms with van der Waals surface area (Å²) in [6.07, 6.45) is 1.54. The third-order valence-electron chi connectivity index (χ3n) is 2.14. The molecular weight excluding hydrogens is 280 g/mol. The molecule has 0 amide bonds. The van der Waals surface area contributed by atoms with Gasteiger partial charge in [-0.05, 0) is 29.8 Å². The highest BCUT2D eigenvalue weighted by atomic mass is 79.9. The van der Waals surface area contributed by atoms with Crippen LogP contribution in [-0.2, 0) is 5.33 Å². The topological polar surface area (TPSA) is 45.9 Å². The lowest BCUT2D eigenvalue weighted by Crippen LogP contribution is -1.88. The number of pyridine rings is 1. The second-order valence-corrected chi connectivity index (χ2v) is 3.93. The summed E-state index contributed by atoms with van der Waals surface area (Å²) in [6.45, 7) is 0. The maximum atomic E-state index is 8.63. The van der Waals surface area contributed by atoms with E-state index in [4.69, 9.17) is 10.00 Å². The number of alkyl halides is 1. The number of hydrogen-bond donors (Lipinski definition) is 0. The molecule has 0 aliphatic carbocycles. The Labute approximate surface area is 108 Å². The first kappa shape index (κ1) is 11.6. The standard InChI is InChI=1S/C13H9BrN2O/c14-7-10-2-1-3-12(6-10)17-13-5-4-11(8-15)16-9-13/h1-6,9H,7H2. The molecule has 1 aromatic heterocycles. The minimum absolute atomic E-state index is 0.381. The summed E-state index contributed by atoms with van der Waals surface area (Å²) in [6, 6.07) is 13.1. The highest BCUT2D eigenvalue weighted by Crippen LogP contribution is 2.22. The Kier molecular flexibility index (Phi) is 3.73. The van der Waals surface area contributed by atoms with Crippen molar-refractivity contribution in [1.82, 2.24) is 4.98 Å². The first-order valence-electron chi connectivity index (χ1n) is 5.01. The van der Waals surface area contributed by atoms with Gasteiger partial charge in [-0.2, -0.15) is 5.26 Å². The molecule has 0 atom stereocenters. The maximum absolute atomic E-state index is 8.63. The Morgan fingerprint density at radius 3 is 2.76 bits per heavy atom. The van der Waals surface area contributed by atoms with Gasteiger partial charge in [0, 0.05) is 5.33 Å². The van der Waals surface area contributed by atoms with Crippen LogP contribution in [0.4, 0.5) is 0 Å². The van der Waals surface area contributed by atoms with Gasteiger partial charge in [0.05, 0.1) is 6.20 Å². The van der Waals surface area contributed by atoms with Crippen LogP contribution in [0.3, 0.4) is 0 Å². The van der Waals surface area contributed by atoms with Crippen molar-refractivity contribution in [2.24, 2.45) is 0 Å². The van der Waals surface area contributed by atoms with Crippen LogP contribution in [0.5, 0.6) is 11.5 Å². The van der Waals surface area contributed by atoms with Gasteiger partial charge in [-0.25, -0.2) is 4.98 Å². The zero-order chi connectivity index (χ0) is 12.1. The summed E-state index contributed by atoms with van der Waals surface area (Å²) in [5, 5.41) is 9.42. The molecule has 0 saturated heterocycles. The van der Waals surface area contributed by atoms with Crippen LogP contribution >= 0.6 is 15.9 Å². The van der Waals surface area contributed by atoms with Crippen LogP contribution in [0.1, 0.15) is 11.3 Å². The molecule has 0 radical (unpaired) electrons. The molecule has 0 aliphatic rings. The van der Waals surface area contributed by atoms with E-state index < -0.39 is 0 Å². The van der Waals surface area contributed by atoms with Gasteiger partial charge >= 0.3 is 0 Å². The van der Waals surface area contributed by atoms with E-state index in [2.05, 4.69) is 20.9 Å². The van der Waals surface area contributed by atoms with E-state index >= 15 is 0 Å². The van der Waals surface area contributed by atoms with Crippen molar-refractivity contribution >= 4 is 15.9 Å². The lowest BCUT2D eigenvalue weighted by molar-refractivity contribution is 0.480. The van der Waals surface area contributed by atoms with Crippen LogP contribution in [-0.4, -0.2) is 4.98 Å². The first-order valence-corrected chi connectivity index (χ1v) is 6.13. The molecule has 1 aromatic carbocycles. The van der Waals surface area contributed by atoms with Crippen molar-refractivity contribution in [2.45, 2.75) is 5.33 Å². The van der Waals surface area contributed by atoms with Gasteiger partial charge in [-0.3, -0.25) is 0 Å². The second kappa shape index (κ2) is 5.46. The lowest BCUT2D eigenvalue weighted by atomic mass is 10.2. The molecule has 1 heterocycles. The van der Waals surface area contributed by atoms with Gasteiger partial charge in [0.25, 0.3) is 0 Å². The van der Waals surface area contributed by atoms with E-state index in [1.807, 2.05) is 30.3 Å². The van der Waals surface area contributed by atoms with Crippen molar-refractivity contribution < 1.29 is 4.74 Å². The summed E-state index contributed by atoms with van der Waals surface area (Å²) in [4.78, 5) is 3.94. The van der Waals surface area contributed by atoms with E-state index in [0.717, 1.165) is 16.6 Å². The number of rotatable bonds is 3. The maximum Gasteiger partial charge on any atom is 0.145 e. The Morgan fingerprint density at radius 2 is 2.12 bits per heavy atom.